The fourth-order valence-electron chi connectivity index (χ4n) is 5.18. The van der Waals surface area contributed by atoms with Gasteiger partial charge in [0.2, 0.25) is 10.0 Å². The number of nitrogens with zero attached hydrogens (tertiary/aromatic N) is 3. The van der Waals surface area contributed by atoms with Crippen molar-refractivity contribution in [3.63, 3.8) is 0 Å². The average Bonchev–Trinajstić information content (AvgIpc) is 3.02. The van der Waals surface area contributed by atoms with Gasteiger partial charge in [-0.25, -0.2) is 23.1 Å². The Bertz CT molecular complexity index is 1600. The number of hydrogen-bond acceptors (Lipinski definition) is 6. The molecule has 0 radical (unpaired) electrons. The molecule has 0 unspecified atom stereocenters. The third-order valence-corrected chi connectivity index (χ3v) is 8.67. The maximum absolute atomic E-state index is 13.4. The van der Waals surface area contributed by atoms with Crippen molar-refractivity contribution < 1.29 is 22.7 Å². The van der Waals surface area contributed by atoms with Crippen molar-refractivity contribution in [2.24, 2.45) is 15.9 Å². The van der Waals surface area contributed by atoms with Crippen LogP contribution in [0.25, 0.3) is 11.1 Å². The number of amidine groups is 1. The van der Waals surface area contributed by atoms with Gasteiger partial charge in [0.15, 0.2) is 0 Å². The number of carbonyl (C=O) groups is 2. The SMILES string of the molecule is CCCCCN(Cc1cccc(C(N)=NC(=O)OC2CCN(C)CC2)c1)C(=O)Nc1ccc(-c2ccccc2S(N)(=O)=O)cc1. The van der Waals surface area contributed by atoms with Gasteiger partial charge in [-0.2, -0.15) is 4.99 Å². The van der Waals surface area contributed by atoms with Crippen molar-refractivity contribution in [2.75, 3.05) is 32.0 Å². The summed E-state index contributed by atoms with van der Waals surface area (Å²) in [6, 6.07) is 20.4. The largest absolute Gasteiger partial charge is 0.444 e. The number of ether oxygens (including phenoxy) is 1. The molecule has 0 saturated carbocycles. The Hall–Kier alpha value is -4.26. The van der Waals surface area contributed by atoms with Crippen LogP contribution in [0.5, 0.6) is 0 Å². The van der Waals surface area contributed by atoms with Gasteiger partial charge in [0, 0.05) is 43.0 Å². The number of anilines is 1. The van der Waals surface area contributed by atoms with Crippen molar-refractivity contribution in [3.8, 4) is 11.1 Å². The van der Waals surface area contributed by atoms with Gasteiger partial charge in [0.1, 0.15) is 11.9 Å². The highest BCUT2D eigenvalue weighted by Gasteiger charge is 2.21. The Morgan fingerprint density at radius 1 is 1.02 bits per heavy atom. The lowest BCUT2D eigenvalue weighted by molar-refractivity contribution is 0.0636. The second-order valence-corrected chi connectivity index (χ2v) is 12.8. The summed E-state index contributed by atoms with van der Waals surface area (Å²) in [4.78, 5) is 33.8. The van der Waals surface area contributed by atoms with Crippen LogP contribution in [-0.4, -0.2) is 69.0 Å². The highest BCUT2D eigenvalue weighted by Crippen LogP contribution is 2.27. The van der Waals surface area contributed by atoms with E-state index < -0.39 is 16.1 Å². The number of aliphatic imine (C=N–C) groups is 1. The lowest BCUT2D eigenvalue weighted by Gasteiger charge is -2.27. The van der Waals surface area contributed by atoms with Gasteiger partial charge in [-0.15, -0.1) is 0 Å². The van der Waals surface area contributed by atoms with Gasteiger partial charge in [0.05, 0.1) is 4.90 Å². The Labute approximate surface area is 265 Å². The number of amides is 3. The number of hydrogen-bond donors (Lipinski definition) is 3. The number of benzene rings is 3. The molecule has 1 heterocycles. The Kier molecular flexibility index (Phi) is 11.7. The number of rotatable bonds is 11. The van der Waals surface area contributed by atoms with Gasteiger partial charge in [-0.1, -0.05) is 68.3 Å². The molecule has 3 aromatic rings. The molecule has 3 aromatic carbocycles. The predicted octanol–water partition coefficient (Wildman–Crippen LogP) is 5.16. The summed E-state index contributed by atoms with van der Waals surface area (Å²) in [5.41, 5.74) is 9.27. The first-order valence-electron chi connectivity index (χ1n) is 15.1. The van der Waals surface area contributed by atoms with Crippen LogP contribution in [-0.2, 0) is 21.3 Å². The lowest BCUT2D eigenvalue weighted by atomic mass is 10.1. The molecule has 0 spiro atoms. The number of nitrogens with one attached hydrogen (secondary N) is 1. The molecule has 0 bridgehead atoms. The van der Waals surface area contributed by atoms with Crippen LogP contribution in [0.4, 0.5) is 15.3 Å². The van der Waals surface area contributed by atoms with Crippen LogP contribution in [0.3, 0.4) is 0 Å². The Balaban J connectivity index is 1.44. The number of piperidine rings is 1. The monoisotopic (exact) mass is 634 g/mol. The molecular formula is C33H42N6O5S. The number of nitrogens with two attached hydrogens (primary N) is 2. The van der Waals surface area contributed by atoms with Crippen molar-refractivity contribution in [3.05, 3.63) is 83.9 Å². The van der Waals surface area contributed by atoms with E-state index in [1.807, 2.05) is 25.2 Å². The Morgan fingerprint density at radius 2 is 1.73 bits per heavy atom. The Morgan fingerprint density at radius 3 is 2.42 bits per heavy atom. The van der Waals surface area contributed by atoms with E-state index in [4.69, 9.17) is 15.6 Å². The molecule has 12 heteroatoms. The van der Waals surface area contributed by atoms with E-state index in [1.54, 1.807) is 53.4 Å². The summed E-state index contributed by atoms with van der Waals surface area (Å²) in [6.45, 7) is 4.68. The zero-order valence-corrected chi connectivity index (χ0v) is 26.6. The first kappa shape index (κ1) is 33.6. The number of carbonyl (C=O) groups excluding carboxylic acids is 2. The minimum absolute atomic E-state index is 0.0333. The quantitative estimate of drug-likeness (QED) is 0.149. The topological polar surface area (TPSA) is 160 Å². The molecule has 5 N–H and O–H groups in total. The summed E-state index contributed by atoms with van der Waals surface area (Å²) in [5.74, 6) is 0.0564. The van der Waals surface area contributed by atoms with E-state index in [0.29, 0.717) is 35.5 Å². The molecule has 1 aliphatic heterocycles. The summed E-state index contributed by atoms with van der Waals surface area (Å²) in [5, 5.41) is 8.35. The van der Waals surface area contributed by atoms with E-state index in [2.05, 4.69) is 22.1 Å². The predicted molar refractivity (Wildman–Crippen MR) is 176 cm³/mol. The molecule has 0 atom stereocenters. The second kappa shape index (κ2) is 15.6. The summed E-state index contributed by atoms with van der Waals surface area (Å²) >= 11 is 0. The van der Waals surface area contributed by atoms with E-state index >= 15 is 0 Å². The minimum atomic E-state index is -3.90. The molecule has 11 nitrogen and oxygen atoms in total. The molecule has 1 fully saturated rings. The van der Waals surface area contributed by atoms with Crippen molar-refractivity contribution >= 4 is 33.7 Å². The molecule has 4 rings (SSSR count). The standard InChI is InChI=1S/C33H42N6O5S/c1-3-4-7-19-39(32(40)36-27-15-13-25(14-16-27)29-11-5-6-12-30(29)45(35,42)43)23-24-9-8-10-26(22-24)31(34)37-33(41)44-28-17-20-38(2)21-18-28/h5-6,8-16,22,28H,3-4,7,17-21,23H2,1-2H3,(H,36,40)(H2,34,37,41)(H2,35,42,43). The van der Waals surface area contributed by atoms with Gasteiger partial charge < -0.3 is 25.6 Å². The van der Waals surface area contributed by atoms with E-state index in [-0.39, 0.29) is 22.9 Å². The van der Waals surface area contributed by atoms with Gasteiger partial charge >= 0.3 is 12.1 Å². The molecule has 240 valence electrons. The van der Waals surface area contributed by atoms with Crippen LogP contribution in [0.1, 0.15) is 50.2 Å². The van der Waals surface area contributed by atoms with Crippen molar-refractivity contribution in [1.29, 1.82) is 0 Å². The summed E-state index contributed by atoms with van der Waals surface area (Å²) in [7, 11) is -1.87. The van der Waals surface area contributed by atoms with Gasteiger partial charge in [-0.05, 0) is 61.7 Å². The smallest absolute Gasteiger partial charge is 0.435 e. The molecular weight excluding hydrogens is 592 g/mol. The highest BCUT2D eigenvalue weighted by molar-refractivity contribution is 7.89. The third-order valence-electron chi connectivity index (χ3n) is 7.70. The van der Waals surface area contributed by atoms with Crippen molar-refractivity contribution in [1.82, 2.24) is 9.80 Å². The summed E-state index contributed by atoms with van der Waals surface area (Å²) < 4.78 is 29.6. The van der Waals surface area contributed by atoms with Gasteiger partial charge in [0.25, 0.3) is 0 Å². The molecule has 0 aromatic heterocycles. The fourth-order valence-corrected chi connectivity index (χ4v) is 5.94. The molecule has 3 amide bonds. The van der Waals surface area contributed by atoms with E-state index in [9.17, 15) is 18.0 Å². The van der Waals surface area contributed by atoms with Crippen LogP contribution in [0.2, 0.25) is 0 Å². The second-order valence-electron chi connectivity index (χ2n) is 11.3. The zero-order chi connectivity index (χ0) is 32.4. The maximum atomic E-state index is 13.4. The average molecular weight is 635 g/mol. The summed E-state index contributed by atoms with van der Waals surface area (Å²) in [6.07, 6.45) is 3.47. The van der Waals surface area contributed by atoms with Crippen LogP contribution in [0.15, 0.2) is 82.7 Å². The third kappa shape index (κ3) is 9.87. The minimum Gasteiger partial charge on any atom is -0.444 e. The fraction of sp³-hybridized carbons (Fsp3) is 0.364. The number of urea groups is 1. The number of unbranched alkanes of at least 4 members (excludes halogenated alkanes) is 2. The normalized spacial score (nSPS) is 14.6. The van der Waals surface area contributed by atoms with Crippen molar-refractivity contribution in [2.45, 2.75) is 56.6 Å². The van der Waals surface area contributed by atoms with Crippen LogP contribution >= 0.6 is 0 Å². The molecule has 1 aliphatic rings. The van der Waals surface area contributed by atoms with Crippen LogP contribution < -0.4 is 16.2 Å². The van der Waals surface area contributed by atoms with Crippen LogP contribution in [0, 0.1) is 0 Å². The van der Waals surface area contributed by atoms with E-state index in [1.165, 1.54) is 6.07 Å². The number of sulfonamides is 1. The number of primary sulfonamides is 1. The first-order valence-corrected chi connectivity index (χ1v) is 16.7. The highest BCUT2D eigenvalue weighted by atomic mass is 32.2. The van der Waals surface area contributed by atoms with Gasteiger partial charge in [-0.3, -0.25) is 0 Å². The lowest BCUT2D eigenvalue weighted by Crippen LogP contribution is -2.35. The molecule has 45 heavy (non-hydrogen) atoms. The first-order chi connectivity index (χ1) is 21.5. The maximum Gasteiger partial charge on any atom is 0.435 e. The molecule has 1 saturated heterocycles. The van der Waals surface area contributed by atoms with E-state index in [0.717, 1.165) is 50.8 Å². The molecule has 0 aliphatic carbocycles. The zero-order valence-electron chi connectivity index (χ0n) is 25.8. The number of likely N-dealkylation sites (tertiary alicyclic amines) is 1.